The zero-order chi connectivity index (χ0) is 21.6. The van der Waals surface area contributed by atoms with Crippen molar-refractivity contribution in [3.63, 3.8) is 0 Å². The third-order valence-electron chi connectivity index (χ3n) is 6.57. The minimum atomic E-state index is 0.0492. The largest absolute Gasteiger partial charge is 0.348 e. The number of piperidine rings is 1. The average Bonchev–Trinajstić information content (AvgIpc) is 3.20. The molecule has 0 saturated carbocycles. The number of likely N-dealkylation sites (tertiary alicyclic amines) is 1. The van der Waals surface area contributed by atoms with E-state index in [-0.39, 0.29) is 17.9 Å². The van der Waals surface area contributed by atoms with Gasteiger partial charge in [0.2, 0.25) is 5.91 Å². The Hall–Kier alpha value is -1.80. The van der Waals surface area contributed by atoms with Gasteiger partial charge in [0.15, 0.2) is 0 Å². The Bertz CT molecular complexity index is 826. The number of carbonyl (C=O) groups excluding carboxylic acids is 1. The van der Waals surface area contributed by atoms with E-state index in [1.807, 2.05) is 6.07 Å². The molecule has 4 rings (SSSR count). The zero-order valence-corrected chi connectivity index (χ0v) is 19.6. The standard InChI is InChI=1S/C24H35N5OS/c1-19-25-22(18-31-19)16-28-10-8-21(9-11-28)24(30)26-23(20-6-4-3-5-7-20)17-29-14-12-27(2)13-15-29/h3-7,18,21,23H,8-17H2,1-2H3,(H,26,30). The summed E-state index contributed by atoms with van der Waals surface area (Å²) in [5.41, 5.74) is 2.35. The van der Waals surface area contributed by atoms with Gasteiger partial charge in [0.05, 0.1) is 16.7 Å². The van der Waals surface area contributed by atoms with Gasteiger partial charge in [0, 0.05) is 50.6 Å². The number of aryl methyl sites for hydroxylation is 1. The SMILES string of the molecule is Cc1nc(CN2CCC(C(=O)NC(CN3CCN(C)CC3)c3ccccc3)CC2)cs1. The van der Waals surface area contributed by atoms with Crippen molar-refractivity contribution in [2.24, 2.45) is 5.92 Å². The van der Waals surface area contributed by atoms with Crippen LogP contribution < -0.4 is 5.32 Å². The van der Waals surface area contributed by atoms with E-state index in [9.17, 15) is 4.79 Å². The van der Waals surface area contributed by atoms with Crippen LogP contribution in [-0.2, 0) is 11.3 Å². The lowest BCUT2D eigenvalue weighted by Crippen LogP contribution is -2.49. The van der Waals surface area contributed by atoms with E-state index in [0.717, 1.165) is 75.9 Å². The fraction of sp³-hybridized carbons (Fsp3) is 0.583. The molecule has 2 aromatic rings. The third kappa shape index (κ3) is 6.35. The van der Waals surface area contributed by atoms with Gasteiger partial charge in [-0.3, -0.25) is 14.6 Å². The van der Waals surface area contributed by atoms with Gasteiger partial charge in [-0.05, 0) is 45.5 Å². The molecule has 1 amide bonds. The molecule has 6 nitrogen and oxygen atoms in total. The van der Waals surface area contributed by atoms with Crippen LogP contribution in [0, 0.1) is 12.8 Å². The molecule has 1 N–H and O–H groups in total. The molecule has 31 heavy (non-hydrogen) atoms. The Morgan fingerprint density at radius 1 is 1.10 bits per heavy atom. The number of carbonyl (C=O) groups is 1. The monoisotopic (exact) mass is 441 g/mol. The summed E-state index contributed by atoms with van der Waals surface area (Å²) < 4.78 is 0. The summed E-state index contributed by atoms with van der Waals surface area (Å²) in [5, 5.41) is 6.68. The van der Waals surface area contributed by atoms with E-state index in [4.69, 9.17) is 0 Å². The van der Waals surface area contributed by atoms with Crippen LogP contribution in [-0.4, -0.2) is 78.5 Å². The van der Waals surface area contributed by atoms with Crippen LogP contribution in [0.25, 0.3) is 0 Å². The summed E-state index contributed by atoms with van der Waals surface area (Å²) in [7, 11) is 2.18. The first-order valence-corrected chi connectivity index (χ1v) is 12.3. The number of nitrogens with zero attached hydrogens (tertiary/aromatic N) is 4. The first kappa shape index (κ1) is 22.4. The molecule has 1 aromatic heterocycles. The number of thiazole rings is 1. The second kappa shape index (κ2) is 10.7. The van der Waals surface area contributed by atoms with Crippen LogP contribution >= 0.6 is 11.3 Å². The molecule has 2 aliphatic rings. The van der Waals surface area contributed by atoms with Crippen molar-refractivity contribution in [2.45, 2.75) is 32.4 Å². The molecule has 1 aromatic carbocycles. The highest BCUT2D eigenvalue weighted by Gasteiger charge is 2.28. The van der Waals surface area contributed by atoms with Gasteiger partial charge in [-0.1, -0.05) is 30.3 Å². The van der Waals surface area contributed by atoms with E-state index in [2.05, 4.69) is 68.6 Å². The van der Waals surface area contributed by atoms with E-state index in [1.165, 1.54) is 5.56 Å². The van der Waals surface area contributed by atoms with Gasteiger partial charge in [-0.15, -0.1) is 11.3 Å². The molecule has 2 aliphatic heterocycles. The van der Waals surface area contributed by atoms with Crippen molar-refractivity contribution in [3.05, 3.63) is 52.0 Å². The van der Waals surface area contributed by atoms with Crippen molar-refractivity contribution in [1.29, 1.82) is 0 Å². The van der Waals surface area contributed by atoms with Crippen molar-refractivity contribution < 1.29 is 4.79 Å². The van der Waals surface area contributed by atoms with Gasteiger partial charge in [-0.2, -0.15) is 0 Å². The molecular weight excluding hydrogens is 406 g/mol. The highest BCUT2D eigenvalue weighted by molar-refractivity contribution is 7.09. The number of hydrogen-bond donors (Lipinski definition) is 1. The Morgan fingerprint density at radius 3 is 2.45 bits per heavy atom. The summed E-state index contributed by atoms with van der Waals surface area (Å²) in [5.74, 6) is 0.319. The lowest BCUT2D eigenvalue weighted by atomic mass is 9.94. The van der Waals surface area contributed by atoms with Crippen LogP contribution in [0.2, 0.25) is 0 Å². The molecule has 2 fully saturated rings. The van der Waals surface area contributed by atoms with Gasteiger partial charge in [-0.25, -0.2) is 4.98 Å². The van der Waals surface area contributed by atoms with E-state index < -0.39 is 0 Å². The molecule has 0 aliphatic carbocycles. The third-order valence-corrected chi connectivity index (χ3v) is 7.39. The maximum Gasteiger partial charge on any atom is 0.223 e. The Balaban J connectivity index is 1.32. The predicted octanol–water partition coefficient (Wildman–Crippen LogP) is 2.77. The van der Waals surface area contributed by atoms with Crippen LogP contribution in [0.5, 0.6) is 0 Å². The van der Waals surface area contributed by atoms with Crippen molar-refractivity contribution in [2.75, 3.05) is 52.9 Å². The molecule has 7 heteroatoms. The first-order valence-electron chi connectivity index (χ1n) is 11.5. The smallest absolute Gasteiger partial charge is 0.223 e. The Kier molecular flexibility index (Phi) is 7.72. The Morgan fingerprint density at radius 2 is 1.81 bits per heavy atom. The molecular formula is C24H35N5OS. The normalized spacial score (nSPS) is 20.6. The van der Waals surface area contributed by atoms with Gasteiger partial charge >= 0.3 is 0 Å². The summed E-state index contributed by atoms with van der Waals surface area (Å²) in [6.45, 7) is 10.1. The van der Waals surface area contributed by atoms with Crippen molar-refractivity contribution >= 4 is 17.2 Å². The van der Waals surface area contributed by atoms with E-state index in [0.29, 0.717) is 0 Å². The zero-order valence-electron chi connectivity index (χ0n) is 18.8. The molecule has 0 spiro atoms. The summed E-state index contributed by atoms with van der Waals surface area (Å²) in [6, 6.07) is 10.5. The molecule has 0 radical (unpaired) electrons. The van der Waals surface area contributed by atoms with Crippen molar-refractivity contribution in [1.82, 2.24) is 25.0 Å². The highest BCUT2D eigenvalue weighted by Crippen LogP contribution is 2.22. The van der Waals surface area contributed by atoms with Crippen LogP contribution in [0.1, 0.15) is 35.1 Å². The van der Waals surface area contributed by atoms with Crippen LogP contribution in [0.4, 0.5) is 0 Å². The molecule has 0 bridgehead atoms. The number of likely N-dealkylation sites (N-methyl/N-ethyl adjacent to an activating group) is 1. The van der Waals surface area contributed by atoms with Gasteiger partial charge in [0.25, 0.3) is 0 Å². The number of amides is 1. The quantitative estimate of drug-likeness (QED) is 0.716. The number of piperazine rings is 1. The predicted molar refractivity (Wildman–Crippen MR) is 126 cm³/mol. The fourth-order valence-electron chi connectivity index (χ4n) is 4.56. The minimum Gasteiger partial charge on any atom is -0.348 e. The Labute approximate surface area is 190 Å². The lowest BCUT2D eigenvalue weighted by Gasteiger charge is -2.36. The number of hydrogen-bond acceptors (Lipinski definition) is 6. The summed E-state index contributed by atoms with van der Waals surface area (Å²) in [6.07, 6.45) is 1.84. The topological polar surface area (TPSA) is 51.7 Å². The lowest BCUT2D eigenvalue weighted by molar-refractivity contribution is -0.127. The van der Waals surface area contributed by atoms with Gasteiger partial charge in [0.1, 0.15) is 0 Å². The fourth-order valence-corrected chi connectivity index (χ4v) is 5.16. The number of benzene rings is 1. The summed E-state index contributed by atoms with van der Waals surface area (Å²) >= 11 is 1.71. The van der Waals surface area contributed by atoms with Crippen LogP contribution in [0.3, 0.4) is 0 Å². The minimum absolute atomic E-state index is 0.0492. The molecule has 2 saturated heterocycles. The average molecular weight is 442 g/mol. The molecule has 1 atom stereocenters. The van der Waals surface area contributed by atoms with E-state index >= 15 is 0 Å². The van der Waals surface area contributed by atoms with Crippen LogP contribution in [0.15, 0.2) is 35.7 Å². The number of rotatable bonds is 7. The molecule has 3 heterocycles. The molecule has 1 unspecified atom stereocenters. The second-order valence-corrected chi connectivity index (χ2v) is 10.0. The van der Waals surface area contributed by atoms with E-state index in [1.54, 1.807) is 11.3 Å². The highest BCUT2D eigenvalue weighted by atomic mass is 32.1. The number of aromatic nitrogens is 1. The summed E-state index contributed by atoms with van der Waals surface area (Å²) in [4.78, 5) is 25.0. The number of nitrogens with one attached hydrogen (secondary N) is 1. The first-order chi connectivity index (χ1) is 15.1. The molecule has 168 valence electrons. The maximum atomic E-state index is 13.2. The second-order valence-electron chi connectivity index (χ2n) is 8.98. The van der Waals surface area contributed by atoms with Gasteiger partial charge < -0.3 is 10.2 Å². The van der Waals surface area contributed by atoms with Crippen molar-refractivity contribution in [3.8, 4) is 0 Å². The maximum absolute atomic E-state index is 13.2.